The Morgan fingerprint density at radius 3 is 2.86 bits per heavy atom. The molecule has 1 fully saturated rings. The summed E-state index contributed by atoms with van der Waals surface area (Å²) in [5.41, 5.74) is 1.04. The number of imidazole rings is 1. The molecule has 3 rings (SSSR count). The van der Waals surface area contributed by atoms with Crippen LogP contribution < -0.4 is 9.47 Å². The second-order valence-corrected chi connectivity index (χ2v) is 6.98. The summed E-state index contributed by atoms with van der Waals surface area (Å²) in [6, 6.07) is 5.83. The highest BCUT2D eigenvalue weighted by atomic mass is 16.5. The molecule has 2 N–H and O–H groups in total. The third-order valence-electron chi connectivity index (χ3n) is 4.80. The van der Waals surface area contributed by atoms with E-state index in [1.807, 2.05) is 35.9 Å². The Labute approximate surface area is 164 Å². The van der Waals surface area contributed by atoms with Crippen LogP contribution in [0.1, 0.15) is 18.9 Å². The molecule has 0 saturated carbocycles. The Morgan fingerprint density at radius 2 is 2.14 bits per heavy atom. The molecule has 152 valence electrons. The first-order chi connectivity index (χ1) is 13.5. The lowest BCUT2D eigenvalue weighted by atomic mass is 10.0. The summed E-state index contributed by atoms with van der Waals surface area (Å²) in [4.78, 5) is 17.0. The standard InChI is InChI=1S/C20H27N3O5/c1-2-27-19-9-15(11-23-12-16(10-20(25)26)17(24)13-23)3-4-18(19)28-8-7-22-6-5-21-14-22/h3-6,9,14,16-17,24H,2,7-8,10-13H2,1H3,(H,25,26)/t16-,17-/m1/s1. The fraction of sp³-hybridized carbons (Fsp3) is 0.500. The minimum absolute atomic E-state index is 0.00838. The predicted molar refractivity (Wildman–Crippen MR) is 102 cm³/mol. The Morgan fingerprint density at radius 1 is 1.29 bits per heavy atom. The van der Waals surface area contributed by atoms with E-state index in [4.69, 9.17) is 14.6 Å². The summed E-state index contributed by atoms with van der Waals surface area (Å²) in [6.45, 7) is 5.34. The zero-order valence-corrected chi connectivity index (χ0v) is 16.0. The average Bonchev–Trinajstić information content (AvgIpc) is 3.27. The topological polar surface area (TPSA) is 97.0 Å². The van der Waals surface area contributed by atoms with Crippen molar-refractivity contribution in [3.63, 3.8) is 0 Å². The molecule has 0 unspecified atom stereocenters. The van der Waals surface area contributed by atoms with Crippen molar-refractivity contribution in [3.05, 3.63) is 42.5 Å². The van der Waals surface area contributed by atoms with Crippen LogP contribution in [0.5, 0.6) is 11.5 Å². The molecule has 1 aliphatic rings. The van der Waals surface area contributed by atoms with Gasteiger partial charge in [-0.25, -0.2) is 4.98 Å². The van der Waals surface area contributed by atoms with Crippen LogP contribution in [0.2, 0.25) is 0 Å². The van der Waals surface area contributed by atoms with E-state index >= 15 is 0 Å². The minimum atomic E-state index is -0.873. The second kappa shape index (κ2) is 9.57. The average molecular weight is 389 g/mol. The number of rotatable bonds is 10. The van der Waals surface area contributed by atoms with Gasteiger partial charge in [0.1, 0.15) is 6.61 Å². The first kappa shape index (κ1) is 20.2. The van der Waals surface area contributed by atoms with Gasteiger partial charge in [0.25, 0.3) is 0 Å². The maximum absolute atomic E-state index is 10.9. The minimum Gasteiger partial charge on any atom is -0.490 e. The van der Waals surface area contributed by atoms with Crippen molar-refractivity contribution >= 4 is 5.97 Å². The summed E-state index contributed by atoms with van der Waals surface area (Å²) < 4.78 is 13.6. The lowest BCUT2D eigenvalue weighted by Gasteiger charge is -2.18. The van der Waals surface area contributed by atoms with Gasteiger partial charge in [0.15, 0.2) is 11.5 Å². The Bertz CT molecular complexity index is 765. The molecule has 0 radical (unpaired) electrons. The number of likely N-dealkylation sites (tertiary alicyclic amines) is 1. The molecule has 1 aromatic heterocycles. The van der Waals surface area contributed by atoms with Crippen molar-refractivity contribution in [2.75, 3.05) is 26.3 Å². The normalized spacial score (nSPS) is 19.6. The Hall–Kier alpha value is -2.58. The van der Waals surface area contributed by atoms with Crippen molar-refractivity contribution in [2.24, 2.45) is 5.92 Å². The molecule has 0 bridgehead atoms. The number of hydrogen-bond acceptors (Lipinski definition) is 6. The SMILES string of the molecule is CCOc1cc(CN2C[C@@H](CC(=O)O)[C@H](O)C2)ccc1OCCn1ccnc1. The number of aliphatic hydroxyl groups is 1. The van der Waals surface area contributed by atoms with Gasteiger partial charge in [-0.15, -0.1) is 0 Å². The van der Waals surface area contributed by atoms with Crippen LogP contribution in [0, 0.1) is 5.92 Å². The van der Waals surface area contributed by atoms with E-state index in [1.54, 1.807) is 12.5 Å². The molecule has 1 aromatic carbocycles. The largest absolute Gasteiger partial charge is 0.490 e. The number of hydrogen-bond donors (Lipinski definition) is 2. The van der Waals surface area contributed by atoms with Crippen LogP contribution in [-0.4, -0.2) is 63.0 Å². The zero-order chi connectivity index (χ0) is 19.9. The number of aliphatic hydroxyl groups excluding tert-OH is 1. The van der Waals surface area contributed by atoms with Gasteiger partial charge in [-0.05, 0) is 24.6 Å². The number of aromatic nitrogens is 2. The third kappa shape index (κ3) is 5.46. The molecule has 1 aliphatic heterocycles. The van der Waals surface area contributed by atoms with E-state index in [9.17, 15) is 9.90 Å². The molecule has 2 heterocycles. The van der Waals surface area contributed by atoms with Gasteiger partial charge < -0.3 is 24.3 Å². The number of benzene rings is 1. The van der Waals surface area contributed by atoms with Crippen molar-refractivity contribution in [2.45, 2.75) is 32.5 Å². The fourth-order valence-electron chi connectivity index (χ4n) is 3.47. The molecule has 8 heteroatoms. The summed E-state index contributed by atoms with van der Waals surface area (Å²) >= 11 is 0. The summed E-state index contributed by atoms with van der Waals surface area (Å²) in [5.74, 6) is 0.278. The van der Waals surface area contributed by atoms with Crippen LogP contribution in [0.25, 0.3) is 0 Å². The second-order valence-electron chi connectivity index (χ2n) is 6.98. The molecule has 0 amide bonds. The highest BCUT2D eigenvalue weighted by molar-refractivity contribution is 5.67. The Kier molecular flexibility index (Phi) is 6.89. The zero-order valence-electron chi connectivity index (χ0n) is 16.0. The van der Waals surface area contributed by atoms with Crippen molar-refractivity contribution in [3.8, 4) is 11.5 Å². The van der Waals surface area contributed by atoms with Gasteiger partial charge in [0.05, 0.1) is 32.0 Å². The van der Waals surface area contributed by atoms with Gasteiger partial charge in [0.2, 0.25) is 0 Å². The molecule has 1 saturated heterocycles. The van der Waals surface area contributed by atoms with Crippen LogP contribution in [0.15, 0.2) is 36.9 Å². The van der Waals surface area contributed by atoms with E-state index < -0.39 is 12.1 Å². The van der Waals surface area contributed by atoms with Crippen molar-refractivity contribution in [1.82, 2.24) is 14.5 Å². The molecular weight excluding hydrogens is 362 g/mol. The molecular formula is C20H27N3O5. The smallest absolute Gasteiger partial charge is 0.303 e. The lowest BCUT2D eigenvalue weighted by Crippen LogP contribution is -2.21. The fourth-order valence-corrected chi connectivity index (χ4v) is 3.47. The highest BCUT2D eigenvalue weighted by Gasteiger charge is 2.32. The number of carbonyl (C=O) groups is 1. The third-order valence-corrected chi connectivity index (χ3v) is 4.80. The number of aliphatic carboxylic acids is 1. The highest BCUT2D eigenvalue weighted by Crippen LogP contribution is 2.30. The number of carboxylic acid groups (broad SMARTS) is 1. The summed E-state index contributed by atoms with van der Waals surface area (Å²) in [5, 5.41) is 19.0. The molecule has 0 aliphatic carbocycles. The van der Waals surface area contributed by atoms with E-state index in [2.05, 4.69) is 9.88 Å². The van der Waals surface area contributed by atoms with Gasteiger partial charge in [-0.1, -0.05) is 6.07 Å². The van der Waals surface area contributed by atoms with Gasteiger partial charge in [0, 0.05) is 37.9 Å². The van der Waals surface area contributed by atoms with E-state index in [-0.39, 0.29) is 12.3 Å². The molecule has 2 atom stereocenters. The van der Waals surface area contributed by atoms with Crippen molar-refractivity contribution in [1.29, 1.82) is 0 Å². The lowest BCUT2D eigenvalue weighted by molar-refractivity contribution is -0.138. The van der Waals surface area contributed by atoms with Crippen LogP contribution in [-0.2, 0) is 17.9 Å². The molecule has 2 aromatic rings. The first-order valence-electron chi connectivity index (χ1n) is 9.51. The Balaban J connectivity index is 1.59. The first-order valence-corrected chi connectivity index (χ1v) is 9.51. The molecule has 8 nitrogen and oxygen atoms in total. The predicted octanol–water partition coefficient (Wildman–Crippen LogP) is 1.63. The van der Waals surface area contributed by atoms with Gasteiger partial charge in [-0.3, -0.25) is 9.69 Å². The van der Waals surface area contributed by atoms with Crippen molar-refractivity contribution < 1.29 is 24.5 Å². The summed E-state index contributed by atoms with van der Waals surface area (Å²) in [7, 11) is 0. The number of β-amino-alcohol motifs (C(OH)–C–C–N with tert-alkyl or cyclic N) is 1. The molecule has 0 spiro atoms. The van der Waals surface area contributed by atoms with E-state index in [0.29, 0.717) is 50.9 Å². The quantitative estimate of drug-likeness (QED) is 0.637. The van der Waals surface area contributed by atoms with Crippen LogP contribution in [0.4, 0.5) is 0 Å². The molecule has 28 heavy (non-hydrogen) atoms. The van der Waals surface area contributed by atoms with Crippen LogP contribution >= 0.6 is 0 Å². The monoisotopic (exact) mass is 389 g/mol. The van der Waals surface area contributed by atoms with E-state index in [1.165, 1.54) is 0 Å². The number of carboxylic acids is 1. The van der Waals surface area contributed by atoms with Gasteiger partial charge >= 0.3 is 5.97 Å². The maximum Gasteiger partial charge on any atom is 0.303 e. The summed E-state index contributed by atoms with van der Waals surface area (Å²) in [6.07, 6.45) is 4.76. The number of nitrogens with zero attached hydrogens (tertiary/aromatic N) is 3. The number of ether oxygens (including phenoxy) is 2. The van der Waals surface area contributed by atoms with Gasteiger partial charge in [-0.2, -0.15) is 0 Å². The maximum atomic E-state index is 10.9. The van der Waals surface area contributed by atoms with E-state index in [0.717, 1.165) is 5.56 Å². The van der Waals surface area contributed by atoms with Crippen LogP contribution in [0.3, 0.4) is 0 Å².